The molecule has 0 bridgehead atoms. The van der Waals surface area contributed by atoms with E-state index < -0.39 is 0 Å². The van der Waals surface area contributed by atoms with Crippen LogP contribution in [-0.2, 0) is 12.8 Å². The summed E-state index contributed by atoms with van der Waals surface area (Å²) in [7, 11) is 0. The van der Waals surface area contributed by atoms with Gasteiger partial charge in [0.05, 0.1) is 10.2 Å². The molecule has 1 aromatic carbocycles. The molecule has 1 heterocycles. The molecule has 0 radical (unpaired) electrons. The summed E-state index contributed by atoms with van der Waals surface area (Å²) in [4.78, 5) is 0. The van der Waals surface area contributed by atoms with Crippen LogP contribution in [0.2, 0.25) is 0 Å². The molecule has 88 valence electrons. The van der Waals surface area contributed by atoms with Crippen LogP contribution in [0.3, 0.4) is 0 Å². The van der Waals surface area contributed by atoms with Gasteiger partial charge in [-0.1, -0.05) is 0 Å². The zero-order valence-electron chi connectivity index (χ0n) is 9.13. The highest BCUT2D eigenvalue weighted by molar-refractivity contribution is 9.10. The summed E-state index contributed by atoms with van der Waals surface area (Å²) in [5.74, 6) is 0.685. The monoisotopic (exact) mass is 293 g/mol. The lowest BCUT2D eigenvalue weighted by Crippen LogP contribution is -1.89. The Morgan fingerprint density at radius 2 is 2.18 bits per heavy atom. The van der Waals surface area contributed by atoms with Crippen LogP contribution in [0, 0.1) is 0 Å². The standard InChI is InChI=1S/C12H12BrN3O/c13-11-7-3-1-2-6(7)4-8(12(11)17)9-5-10(14)16-15-9/h4-5,17H,1-3H2,(H3,14,15,16). The molecule has 3 rings (SSSR count). The Morgan fingerprint density at radius 1 is 1.35 bits per heavy atom. The minimum absolute atomic E-state index is 0.259. The second kappa shape index (κ2) is 3.77. The Hall–Kier alpha value is -1.49. The number of rotatable bonds is 1. The zero-order valence-corrected chi connectivity index (χ0v) is 10.7. The molecule has 1 aliphatic rings. The number of nitrogens with one attached hydrogen (secondary N) is 1. The molecule has 0 spiro atoms. The molecular formula is C12H12BrN3O. The van der Waals surface area contributed by atoms with Gasteiger partial charge < -0.3 is 10.8 Å². The van der Waals surface area contributed by atoms with Gasteiger partial charge in [-0.15, -0.1) is 0 Å². The molecule has 2 aromatic rings. The topological polar surface area (TPSA) is 74.9 Å². The highest BCUT2D eigenvalue weighted by atomic mass is 79.9. The number of nitrogens with zero attached hydrogens (tertiary/aromatic N) is 1. The van der Waals surface area contributed by atoms with Gasteiger partial charge in [-0.3, -0.25) is 5.10 Å². The molecule has 0 amide bonds. The van der Waals surface area contributed by atoms with Crippen LogP contribution < -0.4 is 5.73 Å². The van der Waals surface area contributed by atoms with Crippen molar-refractivity contribution >= 4 is 21.7 Å². The summed E-state index contributed by atoms with van der Waals surface area (Å²) in [6.07, 6.45) is 3.22. The van der Waals surface area contributed by atoms with Crippen LogP contribution in [-0.4, -0.2) is 15.3 Å². The Kier molecular flexibility index (Phi) is 2.36. The maximum atomic E-state index is 10.2. The molecule has 5 heteroatoms. The van der Waals surface area contributed by atoms with E-state index in [4.69, 9.17) is 5.73 Å². The van der Waals surface area contributed by atoms with Crippen LogP contribution in [0.25, 0.3) is 11.3 Å². The van der Waals surface area contributed by atoms with Crippen LogP contribution in [0.15, 0.2) is 16.6 Å². The Morgan fingerprint density at radius 3 is 2.88 bits per heavy atom. The number of halogens is 1. The van der Waals surface area contributed by atoms with Crippen LogP contribution in [0.5, 0.6) is 5.75 Å². The molecule has 0 aliphatic heterocycles. The maximum Gasteiger partial charge on any atom is 0.145 e. The number of fused-ring (bicyclic) bond motifs is 1. The molecule has 0 atom stereocenters. The minimum Gasteiger partial charge on any atom is -0.506 e. The molecule has 1 aromatic heterocycles. The van der Waals surface area contributed by atoms with Crippen molar-refractivity contribution in [3.05, 3.63) is 27.7 Å². The lowest BCUT2D eigenvalue weighted by Gasteiger charge is -2.09. The molecule has 4 nitrogen and oxygen atoms in total. The predicted octanol–water partition coefficient (Wildman–Crippen LogP) is 2.62. The molecule has 0 saturated carbocycles. The number of aryl methyl sites for hydroxylation is 1. The zero-order chi connectivity index (χ0) is 12.0. The smallest absolute Gasteiger partial charge is 0.145 e. The molecule has 0 saturated heterocycles. The molecule has 0 unspecified atom stereocenters. The first-order valence-corrected chi connectivity index (χ1v) is 6.30. The van der Waals surface area contributed by atoms with Crippen molar-refractivity contribution in [1.29, 1.82) is 0 Å². The predicted molar refractivity (Wildman–Crippen MR) is 69.8 cm³/mol. The fourth-order valence-electron chi connectivity index (χ4n) is 2.36. The maximum absolute atomic E-state index is 10.2. The van der Waals surface area contributed by atoms with Gasteiger partial charge >= 0.3 is 0 Å². The number of benzene rings is 1. The van der Waals surface area contributed by atoms with Gasteiger partial charge in [0.15, 0.2) is 0 Å². The summed E-state index contributed by atoms with van der Waals surface area (Å²) in [5, 5.41) is 16.9. The second-order valence-corrected chi connectivity index (χ2v) is 5.08. The number of H-pyrrole nitrogens is 1. The van der Waals surface area contributed by atoms with E-state index in [0.717, 1.165) is 35.0 Å². The van der Waals surface area contributed by atoms with Gasteiger partial charge in [0.1, 0.15) is 11.6 Å². The van der Waals surface area contributed by atoms with E-state index in [9.17, 15) is 5.11 Å². The molecule has 17 heavy (non-hydrogen) atoms. The lowest BCUT2D eigenvalue weighted by atomic mass is 10.0. The van der Waals surface area contributed by atoms with Crippen LogP contribution in [0.4, 0.5) is 5.82 Å². The number of aromatic amines is 1. The van der Waals surface area contributed by atoms with E-state index in [1.54, 1.807) is 6.07 Å². The largest absolute Gasteiger partial charge is 0.506 e. The van der Waals surface area contributed by atoms with Gasteiger partial charge in [-0.05, 0) is 52.4 Å². The SMILES string of the molecule is Nc1cc(-c2cc3c(c(Br)c2O)CCC3)[nH]n1. The number of hydrogen-bond donors (Lipinski definition) is 3. The minimum atomic E-state index is 0.259. The van der Waals surface area contributed by atoms with Crippen LogP contribution >= 0.6 is 15.9 Å². The van der Waals surface area contributed by atoms with Crippen molar-refractivity contribution in [1.82, 2.24) is 10.2 Å². The van der Waals surface area contributed by atoms with Crippen molar-refractivity contribution in [2.45, 2.75) is 19.3 Å². The molecule has 4 N–H and O–H groups in total. The van der Waals surface area contributed by atoms with Crippen molar-refractivity contribution < 1.29 is 5.11 Å². The number of hydrogen-bond acceptors (Lipinski definition) is 3. The van der Waals surface area contributed by atoms with Gasteiger partial charge in [0.2, 0.25) is 0 Å². The Bertz CT molecular complexity index is 592. The molecule has 1 aliphatic carbocycles. The average Bonchev–Trinajstić information content (AvgIpc) is 2.91. The van der Waals surface area contributed by atoms with Gasteiger partial charge in [-0.2, -0.15) is 5.10 Å². The van der Waals surface area contributed by atoms with Crippen molar-refractivity contribution in [2.24, 2.45) is 0 Å². The summed E-state index contributed by atoms with van der Waals surface area (Å²) < 4.78 is 0.802. The first-order chi connectivity index (χ1) is 8.16. The molecular weight excluding hydrogens is 282 g/mol. The Labute approximate surface area is 107 Å². The summed E-state index contributed by atoms with van der Waals surface area (Å²) in [5.41, 5.74) is 9.59. The van der Waals surface area contributed by atoms with Crippen molar-refractivity contribution in [3.8, 4) is 17.0 Å². The van der Waals surface area contributed by atoms with Gasteiger partial charge in [0, 0.05) is 11.6 Å². The second-order valence-electron chi connectivity index (χ2n) is 4.28. The summed E-state index contributed by atoms with van der Waals surface area (Å²) >= 11 is 3.47. The number of aromatic nitrogens is 2. The number of nitrogens with two attached hydrogens (primary N) is 1. The number of phenolic OH excluding ortho intramolecular Hbond substituents is 1. The Balaban J connectivity index is 2.21. The average molecular weight is 294 g/mol. The number of aromatic hydroxyl groups is 1. The highest BCUT2D eigenvalue weighted by Gasteiger charge is 2.21. The fourth-order valence-corrected chi connectivity index (χ4v) is 3.03. The third-order valence-corrected chi connectivity index (χ3v) is 4.05. The quantitative estimate of drug-likeness (QED) is 0.756. The first kappa shape index (κ1) is 10.7. The normalized spacial score (nSPS) is 13.9. The van der Waals surface area contributed by atoms with Crippen molar-refractivity contribution in [2.75, 3.05) is 5.73 Å². The first-order valence-electron chi connectivity index (χ1n) is 5.51. The van der Waals surface area contributed by atoms with E-state index in [1.165, 1.54) is 11.1 Å². The number of phenols is 1. The van der Waals surface area contributed by atoms with Gasteiger partial charge in [-0.25, -0.2) is 0 Å². The third-order valence-electron chi connectivity index (χ3n) is 3.19. The fraction of sp³-hybridized carbons (Fsp3) is 0.250. The molecule has 0 fully saturated rings. The van der Waals surface area contributed by atoms with E-state index in [1.807, 2.05) is 6.07 Å². The lowest BCUT2D eigenvalue weighted by molar-refractivity contribution is 0.473. The van der Waals surface area contributed by atoms with E-state index >= 15 is 0 Å². The number of anilines is 1. The summed E-state index contributed by atoms with van der Waals surface area (Å²) in [6, 6.07) is 3.75. The van der Waals surface area contributed by atoms with Crippen LogP contribution in [0.1, 0.15) is 17.5 Å². The van der Waals surface area contributed by atoms with Gasteiger partial charge in [0.25, 0.3) is 0 Å². The van der Waals surface area contributed by atoms with E-state index in [2.05, 4.69) is 26.1 Å². The van der Waals surface area contributed by atoms with Crippen molar-refractivity contribution in [3.63, 3.8) is 0 Å². The number of nitrogen functional groups attached to an aromatic ring is 1. The highest BCUT2D eigenvalue weighted by Crippen LogP contribution is 2.42. The summed E-state index contributed by atoms with van der Waals surface area (Å²) in [6.45, 7) is 0. The van der Waals surface area contributed by atoms with E-state index in [0.29, 0.717) is 5.82 Å². The van der Waals surface area contributed by atoms with E-state index in [-0.39, 0.29) is 5.75 Å². The third kappa shape index (κ3) is 1.61.